The molecule has 0 saturated carbocycles. The Hall–Kier alpha value is -2.73. The Kier molecular flexibility index (Phi) is 5.04. The first-order chi connectivity index (χ1) is 12.5. The molecule has 1 fully saturated rings. The number of carbonyl (C=O) groups is 1. The zero-order valence-electron chi connectivity index (χ0n) is 14.4. The summed E-state index contributed by atoms with van der Waals surface area (Å²) in [5, 5.41) is 0. The quantitative estimate of drug-likeness (QED) is 0.476. The highest BCUT2D eigenvalue weighted by Crippen LogP contribution is 2.38. The zero-order valence-corrected chi connectivity index (χ0v) is 14.4. The molecule has 0 radical (unpaired) electrons. The average molecular weight is 361 g/mol. The van der Waals surface area contributed by atoms with Gasteiger partial charge in [-0.25, -0.2) is 4.98 Å². The lowest BCUT2D eigenvalue weighted by atomic mass is 10.0. The van der Waals surface area contributed by atoms with Crippen LogP contribution in [-0.4, -0.2) is 37.7 Å². The first-order valence-electron chi connectivity index (χ1n) is 8.45. The van der Waals surface area contributed by atoms with Gasteiger partial charge in [-0.15, -0.1) is 6.42 Å². The number of halogens is 1. The van der Waals surface area contributed by atoms with Crippen molar-refractivity contribution < 1.29 is 18.7 Å². The average Bonchev–Trinajstić information content (AvgIpc) is 3.23. The molecule has 0 aromatic carbocycles. The van der Waals surface area contributed by atoms with Crippen LogP contribution in [0, 0.1) is 18.4 Å². The number of ether oxygens (including phenoxy) is 2. The molecule has 2 unspecified atom stereocenters. The van der Waals surface area contributed by atoms with Gasteiger partial charge in [0, 0.05) is 6.42 Å². The van der Waals surface area contributed by atoms with Gasteiger partial charge in [0.2, 0.25) is 0 Å². The standard InChI is InChI=1S/C17H20FN5O3/c1-3-5-6-12(24)25-9-17(4-2)8-7-11(26-17)23-10-20-13-14(19)21-16(18)22-15(13)23/h2,10-11H,3,5-9H2,1H3,(H2,19,21,22). The third-order valence-electron chi connectivity index (χ3n) is 4.35. The van der Waals surface area contributed by atoms with Gasteiger partial charge in [0.15, 0.2) is 22.6 Å². The molecule has 3 rings (SSSR count). The maximum atomic E-state index is 13.5. The van der Waals surface area contributed by atoms with Crippen LogP contribution in [0.3, 0.4) is 0 Å². The molecule has 2 N–H and O–H groups in total. The molecule has 1 saturated heterocycles. The van der Waals surface area contributed by atoms with Gasteiger partial charge in [0.25, 0.3) is 0 Å². The zero-order chi connectivity index (χ0) is 18.7. The molecule has 0 aliphatic carbocycles. The van der Waals surface area contributed by atoms with Crippen molar-refractivity contribution >= 4 is 23.0 Å². The maximum Gasteiger partial charge on any atom is 0.312 e. The number of rotatable bonds is 6. The Balaban J connectivity index is 1.75. The van der Waals surface area contributed by atoms with Gasteiger partial charge < -0.3 is 15.2 Å². The molecule has 1 aliphatic rings. The largest absolute Gasteiger partial charge is 0.462 e. The lowest BCUT2D eigenvalue weighted by molar-refractivity contribution is -0.152. The minimum atomic E-state index is -1.03. The first-order valence-corrected chi connectivity index (χ1v) is 8.45. The fraction of sp³-hybridized carbons (Fsp3) is 0.529. The van der Waals surface area contributed by atoms with Crippen LogP contribution in [0.2, 0.25) is 0 Å². The summed E-state index contributed by atoms with van der Waals surface area (Å²) in [5.41, 5.74) is 5.16. The number of carbonyl (C=O) groups excluding carboxylic acids is 1. The molecule has 1 aliphatic heterocycles. The predicted molar refractivity (Wildman–Crippen MR) is 91.1 cm³/mol. The van der Waals surface area contributed by atoms with E-state index in [1.165, 1.54) is 6.33 Å². The monoisotopic (exact) mass is 361 g/mol. The smallest absolute Gasteiger partial charge is 0.312 e. The number of anilines is 1. The third kappa shape index (κ3) is 3.46. The minimum Gasteiger partial charge on any atom is -0.462 e. The number of fused-ring (bicyclic) bond motifs is 1. The van der Waals surface area contributed by atoms with Crippen LogP contribution in [0.25, 0.3) is 11.2 Å². The summed E-state index contributed by atoms with van der Waals surface area (Å²) in [5.74, 6) is 2.24. The van der Waals surface area contributed by atoms with Gasteiger partial charge in [0.1, 0.15) is 12.8 Å². The van der Waals surface area contributed by atoms with Crippen molar-refractivity contribution in [3.63, 3.8) is 0 Å². The fourth-order valence-corrected chi connectivity index (χ4v) is 2.90. The van der Waals surface area contributed by atoms with Crippen LogP contribution in [0.15, 0.2) is 6.33 Å². The predicted octanol–water partition coefficient (Wildman–Crippen LogP) is 1.96. The maximum absolute atomic E-state index is 13.5. The van der Waals surface area contributed by atoms with Crippen molar-refractivity contribution in [3.8, 4) is 12.3 Å². The number of aromatic nitrogens is 4. The Morgan fingerprint density at radius 1 is 1.62 bits per heavy atom. The van der Waals surface area contributed by atoms with E-state index in [2.05, 4.69) is 20.9 Å². The molecule has 2 aromatic heterocycles. The van der Waals surface area contributed by atoms with E-state index in [1.54, 1.807) is 4.57 Å². The van der Waals surface area contributed by atoms with Crippen molar-refractivity contribution in [3.05, 3.63) is 12.4 Å². The second-order valence-electron chi connectivity index (χ2n) is 6.22. The number of hydrogen-bond acceptors (Lipinski definition) is 7. The van der Waals surface area contributed by atoms with Crippen LogP contribution in [-0.2, 0) is 14.3 Å². The molecule has 0 bridgehead atoms. The summed E-state index contributed by atoms with van der Waals surface area (Å²) in [6, 6.07) is 0. The lowest BCUT2D eigenvalue weighted by Crippen LogP contribution is -2.34. The molecular weight excluding hydrogens is 341 g/mol. The van der Waals surface area contributed by atoms with Gasteiger partial charge in [-0.05, 0) is 19.3 Å². The number of nitrogen functional groups attached to an aromatic ring is 1. The summed E-state index contributed by atoms with van der Waals surface area (Å²) in [6.07, 6.45) is 8.67. The highest BCUT2D eigenvalue weighted by molar-refractivity contribution is 5.81. The van der Waals surface area contributed by atoms with Gasteiger partial charge in [-0.2, -0.15) is 14.4 Å². The minimum absolute atomic E-state index is 0.0271. The van der Waals surface area contributed by atoms with Gasteiger partial charge in [-0.1, -0.05) is 19.3 Å². The molecule has 0 amide bonds. The topological polar surface area (TPSA) is 105 Å². The van der Waals surface area contributed by atoms with Crippen LogP contribution in [0.4, 0.5) is 10.2 Å². The van der Waals surface area contributed by atoms with Crippen molar-refractivity contribution in [1.82, 2.24) is 19.5 Å². The number of nitrogens with two attached hydrogens (primary N) is 1. The van der Waals surface area contributed by atoms with E-state index >= 15 is 0 Å². The van der Waals surface area contributed by atoms with E-state index in [4.69, 9.17) is 21.6 Å². The summed E-state index contributed by atoms with van der Waals surface area (Å²) < 4.78 is 26.3. The lowest BCUT2D eigenvalue weighted by Gasteiger charge is -2.23. The number of terminal acetylenes is 1. The second kappa shape index (κ2) is 7.25. The van der Waals surface area contributed by atoms with Crippen molar-refractivity contribution in [2.24, 2.45) is 0 Å². The van der Waals surface area contributed by atoms with Crippen LogP contribution in [0.1, 0.15) is 45.3 Å². The molecule has 8 nitrogen and oxygen atoms in total. The van der Waals surface area contributed by atoms with Gasteiger partial charge in [0.05, 0.1) is 6.33 Å². The van der Waals surface area contributed by atoms with E-state index in [9.17, 15) is 9.18 Å². The van der Waals surface area contributed by atoms with E-state index < -0.39 is 17.9 Å². The normalized spacial score (nSPS) is 22.4. The molecule has 0 spiro atoms. The Morgan fingerprint density at radius 2 is 2.42 bits per heavy atom. The van der Waals surface area contributed by atoms with Crippen LogP contribution < -0.4 is 5.73 Å². The number of esters is 1. The third-order valence-corrected chi connectivity index (χ3v) is 4.35. The highest BCUT2D eigenvalue weighted by Gasteiger charge is 2.41. The fourth-order valence-electron chi connectivity index (χ4n) is 2.90. The highest BCUT2D eigenvalue weighted by atomic mass is 19.1. The molecule has 9 heteroatoms. The van der Waals surface area contributed by atoms with Gasteiger partial charge >= 0.3 is 12.0 Å². The van der Waals surface area contributed by atoms with E-state index in [0.717, 1.165) is 12.8 Å². The summed E-state index contributed by atoms with van der Waals surface area (Å²) >= 11 is 0. The van der Waals surface area contributed by atoms with Crippen LogP contribution >= 0.6 is 0 Å². The summed E-state index contributed by atoms with van der Waals surface area (Å²) in [4.78, 5) is 23.1. The second-order valence-corrected chi connectivity index (χ2v) is 6.22. The van der Waals surface area contributed by atoms with Crippen molar-refractivity contribution in [2.45, 2.75) is 50.9 Å². The van der Waals surface area contributed by atoms with Crippen molar-refractivity contribution in [1.29, 1.82) is 0 Å². The SMILES string of the molecule is C#CC1(COC(=O)CCCC)CCC(n2cnc3c(N)nc(F)nc32)O1. The molecule has 2 atom stereocenters. The molecule has 2 aromatic rings. The first kappa shape index (κ1) is 18.1. The number of imidazole rings is 1. The Bertz CT molecular complexity index is 862. The van der Waals surface area contributed by atoms with Gasteiger partial charge in [-0.3, -0.25) is 9.36 Å². The van der Waals surface area contributed by atoms with Crippen LogP contribution in [0.5, 0.6) is 0 Å². The molecule has 26 heavy (non-hydrogen) atoms. The van der Waals surface area contributed by atoms with E-state index in [0.29, 0.717) is 24.8 Å². The number of hydrogen-bond donors (Lipinski definition) is 1. The summed E-state index contributed by atoms with van der Waals surface area (Å²) in [6.45, 7) is 1.97. The Morgan fingerprint density at radius 3 is 3.15 bits per heavy atom. The van der Waals surface area contributed by atoms with Crippen molar-refractivity contribution in [2.75, 3.05) is 12.3 Å². The number of unbranched alkanes of at least 4 members (excludes halogenated alkanes) is 1. The number of nitrogens with zero attached hydrogens (tertiary/aromatic N) is 4. The molecular formula is C17H20FN5O3. The van der Waals surface area contributed by atoms with E-state index in [-0.39, 0.29) is 24.0 Å². The summed E-state index contributed by atoms with van der Waals surface area (Å²) in [7, 11) is 0. The Labute approximate surface area is 149 Å². The molecule has 3 heterocycles. The molecule has 138 valence electrons. The van der Waals surface area contributed by atoms with E-state index in [1.807, 2.05) is 6.92 Å².